The molecule has 0 aliphatic carbocycles. The normalized spacial score (nSPS) is 11.3. The lowest BCUT2D eigenvalue weighted by molar-refractivity contribution is 1.23. The number of hydrogen-bond acceptors (Lipinski definition) is 2. The third-order valence-corrected chi connectivity index (χ3v) is 12.8. The Morgan fingerprint density at radius 2 is 0.591 bits per heavy atom. The molecule has 0 saturated heterocycles. The summed E-state index contributed by atoms with van der Waals surface area (Å²) in [6.45, 7) is 0. The van der Waals surface area contributed by atoms with Crippen LogP contribution in [0.5, 0.6) is 0 Å². The van der Waals surface area contributed by atoms with Crippen molar-refractivity contribution >= 4 is 32.4 Å². The number of aromatic nitrogens is 2. The third-order valence-electron chi connectivity index (χ3n) is 12.8. The fraction of sp³-hybridized carbons (Fsp3) is 0. The van der Waals surface area contributed by atoms with Gasteiger partial charge in [0.25, 0.3) is 0 Å². The Hall–Kier alpha value is -8.72. The minimum absolute atomic E-state index is 0.699. The van der Waals surface area contributed by atoms with Crippen molar-refractivity contribution in [2.24, 2.45) is 0 Å². The van der Waals surface area contributed by atoms with Gasteiger partial charge in [-0.05, 0) is 131 Å². The van der Waals surface area contributed by atoms with E-state index in [1.54, 1.807) is 0 Å². The summed E-state index contributed by atoms with van der Waals surface area (Å²) in [5.74, 6) is 0.699. The van der Waals surface area contributed by atoms with Crippen LogP contribution >= 0.6 is 0 Å². The monoisotopic (exact) mass is 838 g/mol. The summed E-state index contributed by atoms with van der Waals surface area (Å²) in [4.78, 5) is 10.7. The Balaban J connectivity index is 0.890. The molecule has 66 heavy (non-hydrogen) atoms. The Labute approximate surface area is 384 Å². The summed E-state index contributed by atoms with van der Waals surface area (Å²) in [6, 6.07) is 91.4. The third kappa shape index (κ3) is 7.51. The number of hydrogen-bond donors (Lipinski definition) is 0. The molecular weight excluding hydrogens is 797 g/mol. The molecular formula is C64H42N2. The molecule has 0 atom stereocenters. The molecule has 0 bridgehead atoms. The first-order valence-corrected chi connectivity index (χ1v) is 22.5. The van der Waals surface area contributed by atoms with Gasteiger partial charge in [-0.2, -0.15) is 0 Å². The van der Waals surface area contributed by atoms with Crippen LogP contribution in [0.4, 0.5) is 0 Å². The van der Waals surface area contributed by atoms with E-state index in [1.165, 1.54) is 55.3 Å². The Kier molecular flexibility index (Phi) is 9.89. The van der Waals surface area contributed by atoms with Gasteiger partial charge in [0.15, 0.2) is 5.82 Å². The van der Waals surface area contributed by atoms with Crippen LogP contribution in [0, 0.1) is 0 Å². The van der Waals surface area contributed by atoms with E-state index < -0.39 is 0 Å². The van der Waals surface area contributed by atoms with Crippen LogP contribution in [-0.2, 0) is 0 Å². The number of fused-ring (bicyclic) bond motifs is 4. The fourth-order valence-corrected chi connectivity index (χ4v) is 9.41. The molecule has 0 spiro atoms. The summed E-state index contributed by atoms with van der Waals surface area (Å²) < 4.78 is 0. The van der Waals surface area contributed by atoms with Gasteiger partial charge < -0.3 is 0 Å². The Morgan fingerprint density at radius 3 is 1.17 bits per heavy atom. The van der Waals surface area contributed by atoms with Crippen LogP contribution in [0.2, 0.25) is 0 Å². The average molecular weight is 839 g/mol. The molecule has 0 aliphatic rings. The lowest BCUT2D eigenvalue weighted by Crippen LogP contribution is -1.96. The van der Waals surface area contributed by atoms with Crippen molar-refractivity contribution in [3.05, 3.63) is 255 Å². The highest BCUT2D eigenvalue weighted by Gasteiger charge is 2.16. The molecule has 2 heteroatoms. The highest BCUT2D eigenvalue weighted by atomic mass is 14.9. The fourth-order valence-electron chi connectivity index (χ4n) is 9.41. The predicted octanol–water partition coefficient (Wildman–Crippen LogP) is 17.3. The quantitative estimate of drug-likeness (QED) is 0.143. The van der Waals surface area contributed by atoms with Gasteiger partial charge in [-0.15, -0.1) is 0 Å². The van der Waals surface area contributed by atoms with E-state index in [1.807, 2.05) is 0 Å². The van der Waals surface area contributed by atoms with Gasteiger partial charge in [0.2, 0.25) is 0 Å². The van der Waals surface area contributed by atoms with Gasteiger partial charge in [-0.3, -0.25) is 0 Å². The smallest absolute Gasteiger partial charge is 0.160 e. The second kappa shape index (κ2) is 16.8. The zero-order valence-electron chi connectivity index (χ0n) is 36.1. The molecule has 308 valence electrons. The molecule has 0 fully saturated rings. The molecule has 11 aromatic carbocycles. The average Bonchev–Trinajstić information content (AvgIpc) is 3.41. The van der Waals surface area contributed by atoms with Gasteiger partial charge in [0.05, 0.1) is 11.2 Å². The van der Waals surface area contributed by atoms with E-state index in [0.29, 0.717) is 5.82 Å². The molecule has 12 aromatic rings. The maximum absolute atomic E-state index is 5.43. The van der Waals surface area contributed by atoms with Gasteiger partial charge >= 0.3 is 0 Å². The predicted molar refractivity (Wildman–Crippen MR) is 278 cm³/mol. The molecule has 1 heterocycles. The van der Waals surface area contributed by atoms with Crippen molar-refractivity contribution in [1.82, 2.24) is 9.97 Å². The molecule has 2 nitrogen and oxygen atoms in total. The van der Waals surface area contributed by atoms with Gasteiger partial charge in [0, 0.05) is 16.5 Å². The number of nitrogens with zero attached hydrogens (tertiary/aromatic N) is 2. The summed E-state index contributed by atoms with van der Waals surface area (Å²) in [7, 11) is 0. The molecule has 0 unspecified atom stereocenters. The standard InChI is InChI=1S/C64H42N2/c1-2-13-43(14-3-1)49-18-8-20-51(37-49)52-21-9-19-50(38-52)45-29-32-47(33-30-45)64-65-61-36-35-46-16-6-7-28-60(46)62(61)63(66-64)59-27-12-26-57(42-59)55-24-10-22-53(40-55)54-23-11-25-56(41-54)58-34-31-44-15-4-5-17-48(44)39-58/h1-42H. The van der Waals surface area contributed by atoms with Crippen molar-refractivity contribution in [3.8, 4) is 89.4 Å². The summed E-state index contributed by atoms with van der Waals surface area (Å²) in [5, 5.41) is 5.85. The maximum Gasteiger partial charge on any atom is 0.160 e. The largest absolute Gasteiger partial charge is 0.228 e. The van der Waals surface area contributed by atoms with Crippen LogP contribution in [0.15, 0.2) is 255 Å². The highest BCUT2D eigenvalue weighted by molar-refractivity contribution is 6.12. The van der Waals surface area contributed by atoms with Crippen molar-refractivity contribution in [2.75, 3.05) is 0 Å². The first-order chi connectivity index (χ1) is 32.7. The van der Waals surface area contributed by atoms with Crippen molar-refractivity contribution in [2.45, 2.75) is 0 Å². The van der Waals surface area contributed by atoms with Gasteiger partial charge in [0.1, 0.15) is 0 Å². The van der Waals surface area contributed by atoms with Crippen LogP contribution in [0.3, 0.4) is 0 Å². The minimum Gasteiger partial charge on any atom is -0.228 e. The second-order valence-corrected chi connectivity index (χ2v) is 17.0. The molecule has 0 amide bonds. The lowest BCUT2D eigenvalue weighted by Gasteiger charge is -2.14. The Morgan fingerprint density at radius 1 is 0.212 bits per heavy atom. The second-order valence-electron chi connectivity index (χ2n) is 17.0. The van der Waals surface area contributed by atoms with Crippen LogP contribution < -0.4 is 0 Å². The summed E-state index contributed by atoms with van der Waals surface area (Å²) in [5.41, 5.74) is 18.0. The first-order valence-electron chi connectivity index (χ1n) is 22.5. The topological polar surface area (TPSA) is 25.8 Å². The van der Waals surface area contributed by atoms with Crippen molar-refractivity contribution in [3.63, 3.8) is 0 Å². The lowest BCUT2D eigenvalue weighted by atomic mass is 9.94. The van der Waals surface area contributed by atoms with E-state index >= 15 is 0 Å². The minimum atomic E-state index is 0.699. The van der Waals surface area contributed by atoms with Gasteiger partial charge in [-0.25, -0.2) is 9.97 Å². The molecule has 12 rings (SSSR count). The SMILES string of the molecule is c1ccc(-c2cccc(-c3cccc(-c4ccc(-c5nc(-c6cccc(-c7cccc(-c8cccc(-c9ccc%10ccccc%10c9)c8)c7)c6)c6c(ccc7ccccc76)n5)cc4)c3)c2)cc1. The van der Waals surface area contributed by atoms with Crippen LogP contribution in [0.1, 0.15) is 0 Å². The molecule has 0 aliphatic heterocycles. The highest BCUT2D eigenvalue weighted by Crippen LogP contribution is 2.38. The first kappa shape index (κ1) is 38.9. The van der Waals surface area contributed by atoms with Gasteiger partial charge in [-0.1, -0.05) is 212 Å². The van der Waals surface area contributed by atoms with E-state index in [2.05, 4.69) is 255 Å². The summed E-state index contributed by atoms with van der Waals surface area (Å²) >= 11 is 0. The summed E-state index contributed by atoms with van der Waals surface area (Å²) in [6.07, 6.45) is 0. The van der Waals surface area contributed by atoms with E-state index in [-0.39, 0.29) is 0 Å². The molecule has 0 radical (unpaired) electrons. The molecule has 0 saturated carbocycles. The van der Waals surface area contributed by atoms with Crippen molar-refractivity contribution < 1.29 is 0 Å². The van der Waals surface area contributed by atoms with Crippen LogP contribution in [0.25, 0.3) is 122 Å². The maximum atomic E-state index is 5.43. The zero-order valence-corrected chi connectivity index (χ0v) is 36.1. The van der Waals surface area contributed by atoms with Crippen LogP contribution in [-0.4, -0.2) is 9.97 Å². The molecule has 1 aromatic heterocycles. The Bertz CT molecular complexity index is 3760. The number of benzene rings is 11. The van der Waals surface area contributed by atoms with E-state index in [0.717, 1.165) is 60.8 Å². The number of rotatable bonds is 8. The van der Waals surface area contributed by atoms with E-state index in [9.17, 15) is 0 Å². The van der Waals surface area contributed by atoms with E-state index in [4.69, 9.17) is 9.97 Å². The molecule has 0 N–H and O–H groups in total. The zero-order chi connectivity index (χ0) is 43.8. The van der Waals surface area contributed by atoms with Crippen molar-refractivity contribution in [1.29, 1.82) is 0 Å².